The molecule has 0 bridgehead atoms. The number of ether oxygens (including phenoxy) is 3. The van der Waals surface area contributed by atoms with E-state index in [-0.39, 0.29) is 64.4 Å². The molecule has 8 aromatic carbocycles. The predicted octanol–water partition coefficient (Wildman–Crippen LogP) is 13.8. The summed E-state index contributed by atoms with van der Waals surface area (Å²) >= 11 is 0. The summed E-state index contributed by atoms with van der Waals surface area (Å²) in [5.74, 6) is -0.945. The largest absolute Gasteiger partial charge is 0.508 e. The average Bonchev–Trinajstić information content (AvgIpc) is 3.52. The molecule has 81 heavy (non-hydrogen) atoms. The number of unbranched alkanes of at least 4 members (excludes halogenated alkanes) is 1. The van der Waals surface area contributed by atoms with Crippen LogP contribution in [0.5, 0.6) is 28.7 Å². The molecule has 0 fully saturated rings. The quantitative estimate of drug-likeness (QED) is 0.0235. The van der Waals surface area contributed by atoms with E-state index in [1.54, 1.807) is 75.4 Å². The molecule has 0 unspecified atom stereocenters. The van der Waals surface area contributed by atoms with Crippen molar-refractivity contribution in [2.45, 2.75) is 43.4 Å². The van der Waals surface area contributed by atoms with E-state index in [4.69, 9.17) is 18.8 Å². The molecular weight excluding hydrogens is 1110 g/mol. The summed E-state index contributed by atoms with van der Waals surface area (Å²) in [7, 11) is -10.9. The van der Waals surface area contributed by atoms with Gasteiger partial charge in [-0.25, -0.2) is 0 Å². The van der Waals surface area contributed by atoms with E-state index in [0.717, 1.165) is 12.1 Å². The van der Waals surface area contributed by atoms with Crippen molar-refractivity contribution in [3.05, 3.63) is 144 Å². The van der Waals surface area contributed by atoms with Crippen LogP contribution in [-0.4, -0.2) is 81.6 Å². The zero-order chi connectivity index (χ0) is 58.4. The number of nitrogens with one attached hydrogen (secondary N) is 1. The van der Waals surface area contributed by atoms with Crippen molar-refractivity contribution in [3.63, 3.8) is 0 Å². The van der Waals surface area contributed by atoms with Crippen LogP contribution in [0, 0.1) is 20.8 Å². The first-order valence-electron chi connectivity index (χ1n) is 24.0. The molecule has 0 aliphatic rings. The Morgan fingerprint density at radius 3 is 1.73 bits per heavy atom. The van der Waals surface area contributed by atoms with Crippen molar-refractivity contribution in [1.82, 2.24) is 0 Å². The number of nitrogens with zero attached hydrogens (tertiary/aromatic N) is 8. The maximum atomic E-state index is 13.5. The lowest BCUT2D eigenvalue weighted by Crippen LogP contribution is -2.12. The number of fused-ring (bicyclic) bond motifs is 2. The van der Waals surface area contributed by atoms with E-state index in [2.05, 4.69) is 46.2 Å². The van der Waals surface area contributed by atoms with Crippen LogP contribution in [0.15, 0.2) is 172 Å². The molecule has 418 valence electrons. The lowest BCUT2D eigenvalue weighted by molar-refractivity contribution is 0.102. The van der Waals surface area contributed by atoms with E-state index >= 15 is 0 Å². The minimum Gasteiger partial charge on any atom is -0.508 e. The first-order chi connectivity index (χ1) is 38.4. The monoisotopic (exact) mass is 1160 g/mol. The fourth-order valence-corrected chi connectivity index (χ4v) is 9.75. The fourth-order valence-electron chi connectivity index (χ4n) is 7.99. The van der Waals surface area contributed by atoms with Gasteiger partial charge in [0, 0.05) is 34.2 Å². The SMILES string of the molecule is COc1cc(C(=O)Nc2ccc3c(OCCCCS(=O)(=O)O)cc(S(=O)(=O)O)cc3c2)ccc1N=Nc1cc(OC)c(N=Nc2cc(C)c(N=Nc3c(S(=O)(=O)O)cc4cc(/N=N/c5ccc(O)cc5)ccc4c3O)cc2C)cc1C. The molecule has 8 rings (SSSR count). The van der Waals surface area contributed by atoms with Crippen LogP contribution >= 0.6 is 0 Å². The topological polar surface area (TPSA) is 359 Å². The van der Waals surface area contributed by atoms with Gasteiger partial charge in [0.25, 0.3) is 36.3 Å². The third-order valence-electron chi connectivity index (χ3n) is 12.2. The number of anilines is 1. The lowest BCUT2D eigenvalue weighted by atomic mass is 10.1. The predicted molar refractivity (Wildman–Crippen MR) is 300 cm³/mol. The number of benzene rings is 8. The van der Waals surface area contributed by atoms with Gasteiger partial charge in [0.2, 0.25) is 0 Å². The molecule has 0 radical (unpaired) electrons. The summed E-state index contributed by atoms with van der Waals surface area (Å²) in [5.41, 5.74) is 4.27. The van der Waals surface area contributed by atoms with Crippen LogP contribution in [0.25, 0.3) is 21.5 Å². The zero-order valence-corrected chi connectivity index (χ0v) is 45.9. The first kappa shape index (κ1) is 58.0. The standard InChI is InChI=1S/C54H49N9O15S3/c1-30-21-45(61-63-52-51(81(73,74)75)27-35-24-38(12-16-42(35)53(52)65)57-56-36-9-13-39(64)14-10-36)31(2)20-44(30)59-62-47-22-32(3)46(29-50(47)77-5)60-58-43-17-8-33(26-49(43)76-4)54(66)55-37-11-15-41-34(23-37)25-40(80(70,71)72)28-48(41)78-18-6-7-19-79(67,68)69/h8-17,20-29,64-65H,6-7,18-19H2,1-5H3,(H,55,66)(H,67,68,69)(H,70,71,72)(H,73,74,75)/b57-56+,60-58?,62-59?,63-61?. The van der Waals surface area contributed by atoms with Gasteiger partial charge in [0.1, 0.15) is 45.0 Å². The molecule has 0 heterocycles. The summed E-state index contributed by atoms with van der Waals surface area (Å²) < 4.78 is 117. The second-order valence-electron chi connectivity index (χ2n) is 18.0. The average molecular weight is 1160 g/mol. The molecule has 27 heteroatoms. The summed E-state index contributed by atoms with van der Waals surface area (Å²) in [6.45, 7) is 5.22. The number of carbonyl (C=O) groups is 1. The van der Waals surface area contributed by atoms with Gasteiger partial charge in [-0.15, -0.1) is 15.3 Å². The number of azo groups is 4. The second-order valence-corrected chi connectivity index (χ2v) is 22.4. The molecule has 0 aliphatic heterocycles. The Labute approximate surface area is 463 Å². The highest BCUT2D eigenvalue weighted by molar-refractivity contribution is 7.86. The maximum Gasteiger partial charge on any atom is 0.296 e. The van der Waals surface area contributed by atoms with E-state index in [9.17, 15) is 49.4 Å². The summed E-state index contributed by atoms with van der Waals surface area (Å²) in [6.07, 6.45) is 0.303. The molecule has 0 spiro atoms. The van der Waals surface area contributed by atoms with Crippen molar-refractivity contribution in [2.75, 3.05) is 31.9 Å². The first-order valence-corrected chi connectivity index (χ1v) is 28.5. The Bertz CT molecular complexity index is 4270. The number of aromatic hydroxyl groups is 2. The van der Waals surface area contributed by atoms with Crippen LogP contribution < -0.4 is 19.5 Å². The molecule has 24 nitrogen and oxygen atoms in total. The molecule has 0 saturated heterocycles. The van der Waals surface area contributed by atoms with Gasteiger partial charge in [-0.2, -0.15) is 50.8 Å². The molecule has 0 atom stereocenters. The van der Waals surface area contributed by atoms with E-state index in [1.807, 2.05) is 0 Å². The number of hydrogen-bond donors (Lipinski definition) is 6. The minimum absolute atomic E-state index is 0.0235. The third-order valence-corrected chi connectivity index (χ3v) is 14.7. The van der Waals surface area contributed by atoms with Crippen LogP contribution in [-0.2, 0) is 30.4 Å². The van der Waals surface area contributed by atoms with Crippen molar-refractivity contribution in [2.24, 2.45) is 40.9 Å². The number of amides is 1. The highest BCUT2D eigenvalue weighted by Crippen LogP contribution is 2.44. The van der Waals surface area contributed by atoms with E-state index < -0.39 is 63.2 Å². The Kier molecular flexibility index (Phi) is 17.3. The van der Waals surface area contributed by atoms with Crippen LogP contribution in [0.4, 0.5) is 51.2 Å². The van der Waals surface area contributed by atoms with E-state index in [1.165, 1.54) is 68.8 Å². The smallest absolute Gasteiger partial charge is 0.296 e. The van der Waals surface area contributed by atoms with Crippen LogP contribution in [0.3, 0.4) is 0 Å². The summed E-state index contributed by atoms with van der Waals surface area (Å²) in [6, 6.07) is 29.7. The minimum atomic E-state index is -4.93. The van der Waals surface area contributed by atoms with E-state index in [0.29, 0.717) is 67.3 Å². The van der Waals surface area contributed by atoms with Gasteiger partial charge in [-0.3, -0.25) is 18.5 Å². The third kappa shape index (κ3) is 14.4. The number of hydrogen-bond acceptors (Lipinski definition) is 20. The second kappa shape index (κ2) is 24.1. The Balaban J connectivity index is 0.958. The summed E-state index contributed by atoms with van der Waals surface area (Å²) in [5, 5.41) is 59.0. The fraction of sp³-hybridized carbons (Fsp3) is 0.167. The molecular formula is C54H49N9O15S3. The van der Waals surface area contributed by atoms with Gasteiger partial charge in [-0.1, -0.05) is 0 Å². The molecule has 0 aromatic heterocycles. The number of carbonyl (C=O) groups excluding carboxylic acids is 1. The van der Waals surface area contributed by atoms with Gasteiger partial charge in [0.05, 0.1) is 59.9 Å². The lowest BCUT2D eigenvalue weighted by Gasteiger charge is -2.13. The highest BCUT2D eigenvalue weighted by Gasteiger charge is 2.23. The number of aryl methyl sites for hydroxylation is 3. The van der Waals surface area contributed by atoms with Gasteiger partial charge in [0.15, 0.2) is 5.75 Å². The maximum absolute atomic E-state index is 13.5. The van der Waals surface area contributed by atoms with Crippen molar-refractivity contribution >= 4 is 109 Å². The zero-order valence-electron chi connectivity index (χ0n) is 43.5. The van der Waals surface area contributed by atoms with Crippen molar-refractivity contribution < 1.29 is 68.1 Å². The molecule has 0 aliphatic carbocycles. The number of rotatable bonds is 20. The summed E-state index contributed by atoms with van der Waals surface area (Å²) in [4.78, 5) is 12.3. The normalized spacial score (nSPS) is 12.4. The Morgan fingerprint density at radius 1 is 0.519 bits per heavy atom. The van der Waals surface area contributed by atoms with Crippen LogP contribution in [0.1, 0.15) is 39.9 Å². The molecule has 0 saturated carbocycles. The number of phenols is 2. The Morgan fingerprint density at radius 2 is 1.09 bits per heavy atom. The number of phenolic OH excluding ortho intramolecular Hbond substituents is 2. The molecule has 6 N–H and O–H groups in total. The number of methoxy groups -OCH3 is 2. The highest BCUT2D eigenvalue weighted by atomic mass is 32.2. The van der Waals surface area contributed by atoms with Crippen LogP contribution in [0.2, 0.25) is 0 Å². The Hall–Kier alpha value is -9.12. The van der Waals surface area contributed by atoms with Gasteiger partial charge in [-0.05, 0) is 170 Å². The molecule has 8 aromatic rings. The van der Waals surface area contributed by atoms with Gasteiger partial charge < -0.3 is 29.7 Å². The molecule has 1 amide bonds. The van der Waals surface area contributed by atoms with Crippen molar-refractivity contribution in [1.29, 1.82) is 0 Å². The van der Waals surface area contributed by atoms with Gasteiger partial charge >= 0.3 is 0 Å². The van der Waals surface area contributed by atoms with Crippen molar-refractivity contribution in [3.8, 4) is 28.7 Å².